The van der Waals surface area contributed by atoms with Gasteiger partial charge in [0, 0.05) is 12.1 Å². The van der Waals surface area contributed by atoms with E-state index in [0.717, 1.165) is 18.4 Å². The molecule has 0 atom stereocenters. The van der Waals surface area contributed by atoms with Crippen LogP contribution in [0.5, 0.6) is 0 Å². The van der Waals surface area contributed by atoms with Gasteiger partial charge in [-0.3, -0.25) is 4.79 Å². The van der Waals surface area contributed by atoms with Gasteiger partial charge >= 0.3 is 0 Å². The maximum atomic E-state index is 12.2. The summed E-state index contributed by atoms with van der Waals surface area (Å²) in [6.07, 6.45) is 1.88. The lowest BCUT2D eigenvalue weighted by Gasteiger charge is -2.22. The molecule has 1 aromatic rings. The molecule has 17 heavy (non-hydrogen) atoms. The summed E-state index contributed by atoms with van der Waals surface area (Å²) in [5.74, 6) is 0.113. The zero-order chi connectivity index (χ0) is 12.5. The average Bonchev–Trinajstić information content (AvgIpc) is 3.07. The fourth-order valence-electron chi connectivity index (χ4n) is 2.01. The molecule has 0 bridgehead atoms. The Hall–Kier alpha value is -1.35. The Morgan fingerprint density at radius 1 is 1.35 bits per heavy atom. The van der Waals surface area contributed by atoms with E-state index in [1.165, 1.54) is 0 Å². The Kier molecular flexibility index (Phi) is 2.96. The van der Waals surface area contributed by atoms with Crippen LogP contribution < -0.4 is 11.1 Å². The number of benzene rings is 1. The van der Waals surface area contributed by atoms with Crippen LogP contribution in [0.25, 0.3) is 0 Å². The predicted molar refractivity (Wildman–Crippen MR) is 68.6 cm³/mol. The maximum Gasteiger partial charge on any atom is 0.230 e. The van der Waals surface area contributed by atoms with E-state index >= 15 is 0 Å². The van der Waals surface area contributed by atoms with Crippen molar-refractivity contribution in [3.63, 3.8) is 0 Å². The average molecular weight is 232 g/mol. The lowest BCUT2D eigenvalue weighted by Crippen LogP contribution is -2.47. The SMILES string of the molecule is CC(C)(N)CNC(=O)C1(c2ccccc2)CC1. The van der Waals surface area contributed by atoms with E-state index in [-0.39, 0.29) is 16.9 Å². The topological polar surface area (TPSA) is 55.1 Å². The summed E-state index contributed by atoms with van der Waals surface area (Å²) in [5, 5.41) is 2.96. The van der Waals surface area contributed by atoms with Crippen molar-refractivity contribution >= 4 is 5.91 Å². The molecule has 0 radical (unpaired) electrons. The molecule has 1 aliphatic carbocycles. The highest BCUT2D eigenvalue weighted by molar-refractivity contribution is 5.91. The van der Waals surface area contributed by atoms with Gasteiger partial charge < -0.3 is 11.1 Å². The number of hydrogen-bond donors (Lipinski definition) is 2. The van der Waals surface area contributed by atoms with Gasteiger partial charge in [0.1, 0.15) is 0 Å². The van der Waals surface area contributed by atoms with Crippen molar-refractivity contribution < 1.29 is 4.79 Å². The molecule has 3 N–H and O–H groups in total. The van der Waals surface area contributed by atoms with Gasteiger partial charge in [-0.15, -0.1) is 0 Å². The third-order valence-electron chi connectivity index (χ3n) is 3.22. The zero-order valence-corrected chi connectivity index (χ0v) is 10.5. The van der Waals surface area contributed by atoms with Gasteiger partial charge in [-0.05, 0) is 32.3 Å². The molecule has 3 nitrogen and oxygen atoms in total. The van der Waals surface area contributed by atoms with Crippen molar-refractivity contribution in [2.45, 2.75) is 37.6 Å². The van der Waals surface area contributed by atoms with E-state index in [2.05, 4.69) is 5.32 Å². The number of carbonyl (C=O) groups excluding carboxylic acids is 1. The minimum atomic E-state index is -0.359. The Morgan fingerprint density at radius 2 is 1.94 bits per heavy atom. The second-order valence-corrected chi connectivity index (χ2v) is 5.62. The molecule has 0 heterocycles. The fourth-order valence-corrected chi connectivity index (χ4v) is 2.01. The third kappa shape index (κ3) is 2.67. The van der Waals surface area contributed by atoms with Crippen molar-refractivity contribution in [2.75, 3.05) is 6.54 Å². The predicted octanol–water partition coefficient (Wildman–Crippen LogP) is 1.57. The molecule has 1 amide bonds. The standard InChI is InChI=1S/C14H20N2O/c1-13(2,15)10-16-12(17)14(8-9-14)11-6-4-3-5-7-11/h3-7H,8-10,15H2,1-2H3,(H,16,17). The van der Waals surface area contributed by atoms with Gasteiger partial charge in [0.05, 0.1) is 5.41 Å². The Bertz CT molecular complexity index is 402. The quantitative estimate of drug-likeness (QED) is 0.828. The first-order valence-corrected chi connectivity index (χ1v) is 6.07. The number of amides is 1. The zero-order valence-electron chi connectivity index (χ0n) is 10.5. The molecule has 3 heteroatoms. The van der Waals surface area contributed by atoms with Gasteiger partial charge in [-0.1, -0.05) is 30.3 Å². The molecule has 0 saturated heterocycles. The highest BCUT2D eigenvalue weighted by Gasteiger charge is 2.51. The van der Waals surface area contributed by atoms with Crippen LogP contribution in [0.4, 0.5) is 0 Å². The molecule has 0 aliphatic heterocycles. The molecule has 0 spiro atoms. The molecule has 1 aromatic carbocycles. The molecule has 1 saturated carbocycles. The van der Waals surface area contributed by atoms with Crippen molar-refractivity contribution in [3.05, 3.63) is 35.9 Å². The van der Waals surface area contributed by atoms with Gasteiger partial charge in [-0.25, -0.2) is 0 Å². The second kappa shape index (κ2) is 4.15. The lowest BCUT2D eigenvalue weighted by molar-refractivity contribution is -0.123. The van der Waals surface area contributed by atoms with Crippen molar-refractivity contribution in [1.82, 2.24) is 5.32 Å². The number of nitrogens with two attached hydrogens (primary N) is 1. The Morgan fingerprint density at radius 3 is 2.41 bits per heavy atom. The summed E-state index contributed by atoms with van der Waals surface area (Å²) < 4.78 is 0. The highest BCUT2D eigenvalue weighted by Crippen LogP contribution is 2.48. The smallest absolute Gasteiger partial charge is 0.230 e. The van der Waals surface area contributed by atoms with Crippen molar-refractivity contribution in [3.8, 4) is 0 Å². The Balaban J connectivity index is 2.05. The van der Waals surface area contributed by atoms with E-state index in [1.54, 1.807) is 0 Å². The largest absolute Gasteiger partial charge is 0.354 e. The third-order valence-corrected chi connectivity index (χ3v) is 3.22. The fraction of sp³-hybridized carbons (Fsp3) is 0.500. The molecule has 0 unspecified atom stereocenters. The van der Waals surface area contributed by atoms with E-state index in [1.807, 2.05) is 44.2 Å². The van der Waals surface area contributed by atoms with Crippen LogP contribution >= 0.6 is 0 Å². The minimum absolute atomic E-state index is 0.113. The summed E-state index contributed by atoms with van der Waals surface area (Å²) >= 11 is 0. The van der Waals surface area contributed by atoms with Crippen LogP contribution in [-0.2, 0) is 10.2 Å². The number of rotatable bonds is 4. The minimum Gasteiger partial charge on any atom is -0.354 e. The van der Waals surface area contributed by atoms with E-state index < -0.39 is 0 Å². The maximum absolute atomic E-state index is 12.2. The van der Waals surface area contributed by atoms with E-state index in [9.17, 15) is 4.79 Å². The molecule has 1 fully saturated rings. The van der Waals surface area contributed by atoms with Crippen LogP contribution in [0.15, 0.2) is 30.3 Å². The summed E-state index contributed by atoms with van der Waals surface area (Å²) in [5.41, 5.74) is 6.35. The summed E-state index contributed by atoms with van der Waals surface area (Å²) in [4.78, 5) is 12.2. The van der Waals surface area contributed by atoms with Crippen LogP contribution in [0.3, 0.4) is 0 Å². The molecule has 92 valence electrons. The second-order valence-electron chi connectivity index (χ2n) is 5.62. The molecular formula is C14H20N2O. The van der Waals surface area contributed by atoms with Gasteiger partial charge in [-0.2, -0.15) is 0 Å². The number of carbonyl (C=O) groups is 1. The molecular weight excluding hydrogens is 212 g/mol. The first-order chi connectivity index (χ1) is 7.94. The van der Waals surface area contributed by atoms with Gasteiger partial charge in [0.2, 0.25) is 5.91 Å². The van der Waals surface area contributed by atoms with Crippen LogP contribution in [0.2, 0.25) is 0 Å². The molecule has 0 aromatic heterocycles. The first kappa shape index (κ1) is 12.1. The summed E-state index contributed by atoms with van der Waals surface area (Å²) in [6.45, 7) is 4.34. The van der Waals surface area contributed by atoms with Gasteiger partial charge in [0.25, 0.3) is 0 Å². The lowest BCUT2D eigenvalue weighted by atomic mass is 9.94. The summed E-state index contributed by atoms with van der Waals surface area (Å²) in [7, 11) is 0. The van der Waals surface area contributed by atoms with E-state index in [4.69, 9.17) is 5.73 Å². The van der Waals surface area contributed by atoms with Crippen LogP contribution in [-0.4, -0.2) is 18.0 Å². The number of hydrogen-bond acceptors (Lipinski definition) is 2. The monoisotopic (exact) mass is 232 g/mol. The van der Waals surface area contributed by atoms with Crippen molar-refractivity contribution in [1.29, 1.82) is 0 Å². The first-order valence-electron chi connectivity index (χ1n) is 6.07. The number of nitrogens with one attached hydrogen (secondary N) is 1. The highest BCUT2D eigenvalue weighted by atomic mass is 16.2. The van der Waals surface area contributed by atoms with E-state index in [0.29, 0.717) is 6.54 Å². The van der Waals surface area contributed by atoms with Gasteiger partial charge in [0.15, 0.2) is 0 Å². The summed E-state index contributed by atoms with van der Waals surface area (Å²) in [6, 6.07) is 9.99. The van der Waals surface area contributed by atoms with Crippen molar-refractivity contribution in [2.24, 2.45) is 5.73 Å². The normalized spacial score (nSPS) is 17.6. The van der Waals surface area contributed by atoms with Crippen LogP contribution in [0.1, 0.15) is 32.3 Å². The molecule has 1 aliphatic rings. The van der Waals surface area contributed by atoms with Crippen LogP contribution in [0, 0.1) is 0 Å². The Labute approximate surface area is 102 Å². The molecule has 2 rings (SSSR count).